The standard InChI is InChI=1S/C16H12FNS.C2H6/c1-11-3-2-4-13(9-11)16-18-10-15(19-16)12-5-7-14(17)8-6-12;1-2/h2-10H,1H3;1-2H3. The van der Waals surface area contributed by atoms with Crippen LogP contribution in [0, 0.1) is 12.7 Å². The molecule has 108 valence electrons. The Hall–Kier alpha value is -2.00. The second-order valence-electron chi connectivity index (χ2n) is 4.41. The summed E-state index contributed by atoms with van der Waals surface area (Å²) in [5, 5.41) is 0.989. The van der Waals surface area contributed by atoms with Gasteiger partial charge in [0.2, 0.25) is 0 Å². The molecule has 2 aromatic carbocycles. The lowest BCUT2D eigenvalue weighted by Crippen LogP contribution is -1.76. The summed E-state index contributed by atoms with van der Waals surface area (Å²) < 4.78 is 12.9. The maximum atomic E-state index is 12.9. The molecule has 0 amide bonds. The monoisotopic (exact) mass is 299 g/mol. The van der Waals surface area contributed by atoms with Crippen molar-refractivity contribution in [2.75, 3.05) is 0 Å². The van der Waals surface area contributed by atoms with E-state index in [1.165, 1.54) is 17.7 Å². The molecule has 1 heterocycles. The van der Waals surface area contributed by atoms with Gasteiger partial charge in [-0.15, -0.1) is 11.3 Å². The maximum absolute atomic E-state index is 12.9. The molecule has 0 aliphatic rings. The van der Waals surface area contributed by atoms with Crippen LogP contribution in [-0.2, 0) is 0 Å². The highest BCUT2D eigenvalue weighted by Crippen LogP contribution is 2.32. The van der Waals surface area contributed by atoms with E-state index in [2.05, 4.69) is 30.1 Å². The molecule has 0 saturated carbocycles. The molecule has 0 radical (unpaired) electrons. The first-order valence-corrected chi connectivity index (χ1v) is 7.83. The van der Waals surface area contributed by atoms with Crippen molar-refractivity contribution in [3.05, 3.63) is 66.1 Å². The van der Waals surface area contributed by atoms with Crippen LogP contribution in [0.3, 0.4) is 0 Å². The summed E-state index contributed by atoms with van der Waals surface area (Å²) in [5.74, 6) is -0.216. The highest BCUT2D eigenvalue weighted by molar-refractivity contribution is 7.18. The third-order valence-corrected chi connectivity index (χ3v) is 3.99. The Labute approximate surface area is 129 Å². The summed E-state index contributed by atoms with van der Waals surface area (Å²) in [6.07, 6.45) is 1.84. The average molecular weight is 299 g/mol. The smallest absolute Gasteiger partial charge is 0.123 e. The van der Waals surface area contributed by atoms with Gasteiger partial charge in [-0.25, -0.2) is 9.37 Å². The minimum Gasteiger partial charge on any atom is -0.244 e. The van der Waals surface area contributed by atoms with Crippen LogP contribution in [-0.4, -0.2) is 4.98 Å². The third kappa shape index (κ3) is 3.76. The van der Waals surface area contributed by atoms with Gasteiger partial charge in [0.25, 0.3) is 0 Å². The van der Waals surface area contributed by atoms with E-state index >= 15 is 0 Å². The van der Waals surface area contributed by atoms with Gasteiger partial charge in [0, 0.05) is 11.8 Å². The van der Waals surface area contributed by atoms with Crippen molar-refractivity contribution in [3.8, 4) is 21.0 Å². The number of thiazole rings is 1. The number of aryl methyl sites for hydroxylation is 1. The number of hydrogen-bond acceptors (Lipinski definition) is 2. The van der Waals surface area contributed by atoms with Gasteiger partial charge in [-0.05, 0) is 30.7 Å². The lowest BCUT2D eigenvalue weighted by molar-refractivity contribution is 0.628. The van der Waals surface area contributed by atoms with Crippen molar-refractivity contribution in [1.29, 1.82) is 0 Å². The molecule has 3 rings (SSSR count). The summed E-state index contributed by atoms with van der Waals surface area (Å²) in [7, 11) is 0. The largest absolute Gasteiger partial charge is 0.244 e. The Morgan fingerprint density at radius 2 is 1.67 bits per heavy atom. The molecule has 0 aliphatic heterocycles. The molecular formula is C18H18FNS. The predicted octanol–water partition coefficient (Wildman–Crippen LogP) is 5.95. The molecule has 0 N–H and O–H groups in total. The number of aromatic nitrogens is 1. The fourth-order valence-corrected chi connectivity index (χ4v) is 2.85. The Bertz CT molecular complexity index is 701. The van der Waals surface area contributed by atoms with Crippen LogP contribution >= 0.6 is 11.3 Å². The molecule has 1 nitrogen and oxygen atoms in total. The van der Waals surface area contributed by atoms with Crippen molar-refractivity contribution in [2.45, 2.75) is 20.8 Å². The number of benzene rings is 2. The van der Waals surface area contributed by atoms with Crippen LogP contribution in [0.1, 0.15) is 19.4 Å². The van der Waals surface area contributed by atoms with E-state index < -0.39 is 0 Å². The second-order valence-corrected chi connectivity index (χ2v) is 5.44. The van der Waals surface area contributed by atoms with E-state index in [4.69, 9.17) is 0 Å². The quantitative estimate of drug-likeness (QED) is 0.569. The zero-order valence-electron chi connectivity index (χ0n) is 12.4. The summed E-state index contributed by atoms with van der Waals surface area (Å²) in [5.41, 5.74) is 3.34. The normalized spacial score (nSPS) is 9.90. The number of nitrogens with zero attached hydrogens (tertiary/aromatic N) is 1. The van der Waals surface area contributed by atoms with Gasteiger partial charge in [-0.3, -0.25) is 0 Å². The maximum Gasteiger partial charge on any atom is 0.123 e. The molecule has 1 aromatic heterocycles. The summed E-state index contributed by atoms with van der Waals surface area (Å²) >= 11 is 1.62. The Balaban J connectivity index is 0.000000774. The lowest BCUT2D eigenvalue weighted by atomic mass is 10.1. The molecule has 3 heteroatoms. The predicted molar refractivity (Wildman–Crippen MR) is 89.0 cm³/mol. The van der Waals surface area contributed by atoms with Crippen molar-refractivity contribution in [3.63, 3.8) is 0 Å². The van der Waals surface area contributed by atoms with Gasteiger partial charge in [0.05, 0.1) is 4.88 Å². The fourth-order valence-electron chi connectivity index (χ4n) is 1.93. The molecule has 0 fully saturated rings. The van der Waals surface area contributed by atoms with Crippen LogP contribution < -0.4 is 0 Å². The van der Waals surface area contributed by atoms with E-state index in [-0.39, 0.29) is 5.82 Å². The molecule has 3 aromatic rings. The van der Waals surface area contributed by atoms with E-state index in [0.717, 1.165) is 21.0 Å². The Morgan fingerprint density at radius 1 is 0.952 bits per heavy atom. The van der Waals surface area contributed by atoms with Gasteiger partial charge < -0.3 is 0 Å². The average Bonchev–Trinajstić information content (AvgIpc) is 3.00. The van der Waals surface area contributed by atoms with E-state index in [1.54, 1.807) is 23.5 Å². The van der Waals surface area contributed by atoms with Crippen LogP contribution in [0.2, 0.25) is 0 Å². The minimum atomic E-state index is -0.216. The summed E-state index contributed by atoms with van der Waals surface area (Å²) in [6.45, 7) is 6.07. The van der Waals surface area contributed by atoms with Crippen molar-refractivity contribution < 1.29 is 4.39 Å². The van der Waals surface area contributed by atoms with Gasteiger partial charge in [-0.1, -0.05) is 49.7 Å². The van der Waals surface area contributed by atoms with E-state index in [0.29, 0.717) is 0 Å². The van der Waals surface area contributed by atoms with Gasteiger partial charge in [-0.2, -0.15) is 0 Å². The van der Waals surface area contributed by atoms with Crippen LogP contribution in [0.25, 0.3) is 21.0 Å². The van der Waals surface area contributed by atoms with E-state index in [9.17, 15) is 4.39 Å². The zero-order valence-corrected chi connectivity index (χ0v) is 13.2. The van der Waals surface area contributed by atoms with Gasteiger partial charge in [0.1, 0.15) is 10.8 Å². The van der Waals surface area contributed by atoms with Gasteiger partial charge >= 0.3 is 0 Å². The first-order valence-electron chi connectivity index (χ1n) is 7.01. The third-order valence-electron chi connectivity index (χ3n) is 2.90. The molecule has 0 aliphatic carbocycles. The van der Waals surface area contributed by atoms with Crippen molar-refractivity contribution in [1.82, 2.24) is 4.98 Å². The minimum absolute atomic E-state index is 0.216. The highest BCUT2D eigenvalue weighted by Gasteiger charge is 2.06. The Morgan fingerprint density at radius 3 is 2.33 bits per heavy atom. The summed E-state index contributed by atoms with van der Waals surface area (Å²) in [4.78, 5) is 5.50. The number of halogens is 1. The van der Waals surface area contributed by atoms with Gasteiger partial charge in [0.15, 0.2) is 0 Å². The van der Waals surface area contributed by atoms with E-state index in [1.807, 2.05) is 26.1 Å². The molecule has 21 heavy (non-hydrogen) atoms. The SMILES string of the molecule is CC.Cc1cccc(-c2ncc(-c3ccc(F)cc3)s2)c1. The number of hydrogen-bond donors (Lipinski definition) is 0. The van der Waals surface area contributed by atoms with Crippen LogP contribution in [0.5, 0.6) is 0 Å². The Kier molecular flexibility index (Phi) is 5.23. The topological polar surface area (TPSA) is 12.9 Å². The molecule has 0 spiro atoms. The molecule has 0 unspecified atom stereocenters. The second kappa shape index (κ2) is 7.14. The molecule has 0 atom stereocenters. The van der Waals surface area contributed by atoms with Crippen molar-refractivity contribution >= 4 is 11.3 Å². The summed E-state index contributed by atoms with van der Waals surface area (Å²) in [6, 6.07) is 14.8. The molecule has 0 bridgehead atoms. The first kappa shape index (κ1) is 15.4. The van der Waals surface area contributed by atoms with Crippen LogP contribution in [0.4, 0.5) is 4.39 Å². The molecular weight excluding hydrogens is 281 g/mol. The zero-order chi connectivity index (χ0) is 15.2. The first-order chi connectivity index (χ1) is 10.2. The lowest BCUT2D eigenvalue weighted by Gasteiger charge is -1.98. The number of rotatable bonds is 2. The molecule has 0 saturated heterocycles. The van der Waals surface area contributed by atoms with Crippen molar-refractivity contribution in [2.24, 2.45) is 0 Å². The highest BCUT2D eigenvalue weighted by atomic mass is 32.1. The fraction of sp³-hybridized carbons (Fsp3) is 0.167. The van der Waals surface area contributed by atoms with Crippen LogP contribution in [0.15, 0.2) is 54.7 Å².